The van der Waals surface area contributed by atoms with Gasteiger partial charge in [0.25, 0.3) is 15.9 Å². The lowest BCUT2D eigenvalue weighted by Gasteiger charge is -2.11. The molecule has 0 spiro atoms. The van der Waals surface area contributed by atoms with Gasteiger partial charge in [0.15, 0.2) is 0 Å². The van der Waals surface area contributed by atoms with E-state index in [1.807, 2.05) is 42.5 Å². The highest BCUT2D eigenvalue weighted by Crippen LogP contribution is 2.22. The Morgan fingerprint density at radius 2 is 1.19 bits per heavy atom. The zero-order valence-corrected chi connectivity index (χ0v) is 17.3. The van der Waals surface area contributed by atoms with Crippen LogP contribution in [0.3, 0.4) is 0 Å². The van der Waals surface area contributed by atoms with E-state index < -0.39 is 10.0 Å². The number of hydrogen-bond acceptors (Lipinski definition) is 3. The molecule has 0 atom stereocenters. The van der Waals surface area contributed by atoms with Crippen LogP contribution in [-0.4, -0.2) is 14.3 Å². The van der Waals surface area contributed by atoms with Gasteiger partial charge in [-0.3, -0.25) is 9.52 Å². The molecule has 0 saturated heterocycles. The summed E-state index contributed by atoms with van der Waals surface area (Å²) in [4.78, 5) is 12.8. The Hall–Kier alpha value is -3.90. The summed E-state index contributed by atoms with van der Waals surface area (Å²) in [5.74, 6) is -0.275. The number of nitrogens with one attached hydrogen (secondary N) is 2. The summed E-state index contributed by atoms with van der Waals surface area (Å²) < 4.78 is 27.5. The van der Waals surface area contributed by atoms with Crippen LogP contribution in [-0.2, 0) is 10.0 Å². The number of hydrogen-bond donors (Lipinski definition) is 2. The summed E-state index contributed by atoms with van der Waals surface area (Å²) >= 11 is 0. The van der Waals surface area contributed by atoms with Crippen LogP contribution in [0.1, 0.15) is 10.4 Å². The fourth-order valence-electron chi connectivity index (χ4n) is 3.12. The molecule has 0 unspecified atom stereocenters. The summed E-state index contributed by atoms with van der Waals surface area (Å²) in [7, 11) is -3.70. The lowest BCUT2D eigenvalue weighted by atomic mass is 10.0. The zero-order valence-electron chi connectivity index (χ0n) is 16.5. The fraction of sp³-hybridized carbons (Fsp3) is 0. The number of carbonyl (C=O) groups is 1. The SMILES string of the molecule is O=C(Nc1cccc(NS(=O)(=O)c2ccccc2)c1)c1ccc(-c2ccccc2)cc1. The maximum atomic E-state index is 12.6. The molecule has 0 aromatic heterocycles. The molecule has 0 aliphatic heterocycles. The van der Waals surface area contributed by atoms with Gasteiger partial charge in [-0.25, -0.2) is 8.42 Å². The van der Waals surface area contributed by atoms with Gasteiger partial charge >= 0.3 is 0 Å². The van der Waals surface area contributed by atoms with Crippen LogP contribution in [0.4, 0.5) is 11.4 Å². The summed E-state index contributed by atoms with van der Waals surface area (Å²) in [6, 6.07) is 31.9. The molecule has 4 aromatic carbocycles. The van der Waals surface area contributed by atoms with Crippen LogP contribution >= 0.6 is 0 Å². The highest BCUT2D eigenvalue weighted by Gasteiger charge is 2.14. The first kappa shape index (κ1) is 20.4. The van der Waals surface area contributed by atoms with E-state index >= 15 is 0 Å². The lowest BCUT2D eigenvalue weighted by Crippen LogP contribution is -2.14. The molecule has 0 bridgehead atoms. The Balaban J connectivity index is 1.47. The number of amides is 1. The Kier molecular flexibility index (Phi) is 5.82. The van der Waals surface area contributed by atoms with Crippen molar-refractivity contribution in [3.05, 3.63) is 115 Å². The van der Waals surface area contributed by atoms with E-state index in [9.17, 15) is 13.2 Å². The third-order valence-electron chi connectivity index (χ3n) is 4.68. The smallest absolute Gasteiger partial charge is 0.261 e. The normalized spacial score (nSPS) is 11.0. The third kappa shape index (κ3) is 4.99. The standard InChI is InChI=1S/C25H20N2O3S/c28-25(21-16-14-20(15-17-21)19-8-3-1-4-9-19)26-22-10-7-11-23(18-22)27-31(29,30)24-12-5-2-6-13-24/h1-18,27H,(H,26,28). The number of benzene rings is 4. The Morgan fingerprint density at radius 1 is 0.613 bits per heavy atom. The second-order valence-electron chi connectivity index (χ2n) is 6.90. The summed E-state index contributed by atoms with van der Waals surface area (Å²) in [5.41, 5.74) is 3.46. The van der Waals surface area contributed by atoms with Crippen LogP contribution in [0, 0.1) is 0 Å². The molecular weight excluding hydrogens is 408 g/mol. The van der Waals surface area contributed by atoms with Crippen LogP contribution in [0.25, 0.3) is 11.1 Å². The quantitative estimate of drug-likeness (QED) is 0.431. The molecule has 0 saturated carbocycles. The van der Waals surface area contributed by atoms with Gasteiger partial charge in [0, 0.05) is 11.3 Å². The molecule has 0 aliphatic carbocycles. The van der Waals surface area contributed by atoms with Crippen molar-refractivity contribution < 1.29 is 13.2 Å². The van der Waals surface area contributed by atoms with Gasteiger partial charge in [-0.05, 0) is 53.6 Å². The first-order chi connectivity index (χ1) is 15.0. The van der Waals surface area contributed by atoms with E-state index in [1.54, 1.807) is 54.6 Å². The molecule has 4 aromatic rings. The van der Waals surface area contributed by atoms with E-state index in [0.29, 0.717) is 16.9 Å². The van der Waals surface area contributed by atoms with Crippen LogP contribution in [0.15, 0.2) is 114 Å². The van der Waals surface area contributed by atoms with Crippen molar-refractivity contribution in [2.45, 2.75) is 4.90 Å². The first-order valence-electron chi connectivity index (χ1n) is 9.66. The largest absolute Gasteiger partial charge is 0.322 e. The Bertz CT molecular complexity index is 1290. The fourth-order valence-corrected chi connectivity index (χ4v) is 4.19. The molecular formula is C25H20N2O3S. The van der Waals surface area contributed by atoms with E-state index in [2.05, 4.69) is 10.0 Å². The highest BCUT2D eigenvalue weighted by molar-refractivity contribution is 7.92. The summed E-state index contributed by atoms with van der Waals surface area (Å²) in [5, 5.41) is 2.81. The van der Waals surface area contributed by atoms with E-state index in [4.69, 9.17) is 0 Å². The maximum Gasteiger partial charge on any atom is 0.261 e. The molecule has 154 valence electrons. The minimum Gasteiger partial charge on any atom is -0.322 e. The van der Waals surface area contributed by atoms with Gasteiger partial charge in [0.1, 0.15) is 0 Å². The number of anilines is 2. The molecule has 0 heterocycles. The van der Waals surface area contributed by atoms with Gasteiger partial charge in [-0.1, -0.05) is 66.7 Å². The minimum absolute atomic E-state index is 0.169. The maximum absolute atomic E-state index is 12.6. The van der Waals surface area contributed by atoms with Crippen LogP contribution in [0.2, 0.25) is 0 Å². The van der Waals surface area contributed by atoms with E-state index in [-0.39, 0.29) is 10.8 Å². The Labute approximate surface area is 181 Å². The lowest BCUT2D eigenvalue weighted by molar-refractivity contribution is 0.102. The van der Waals surface area contributed by atoms with E-state index in [1.165, 1.54) is 12.1 Å². The Morgan fingerprint density at radius 3 is 1.87 bits per heavy atom. The molecule has 1 amide bonds. The predicted molar refractivity (Wildman–Crippen MR) is 124 cm³/mol. The predicted octanol–water partition coefficient (Wildman–Crippen LogP) is 5.41. The molecule has 31 heavy (non-hydrogen) atoms. The van der Waals surface area contributed by atoms with Crippen LogP contribution < -0.4 is 10.0 Å². The molecule has 5 nitrogen and oxygen atoms in total. The van der Waals surface area contributed by atoms with E-state index in [0.717, 1.165) is 11.1 Å². The molecule has 0 aliphatic rings. The van der Waals surface area contributed by atoms with Crippen molar-refractivity contribution in [3.8, 4) is 11.1 Å². The molecule has 0 radical (unpaired) electrons. The van der Waals surface area contributed by atoms with Crippen molar-refractivity contribution >= 4 is 27.3 Å². The zero-order chi connectivity index (χ0) is 21.7. The van der Waals surface area contributed by atoms with Crippen LogP contribution in [0.5, 0.6) is 0 Å². The molecule has 4 rings (SSSR count). The van der Waals surface area contributed by atoms with Gasteiger partial charge < -0.3 is 5.32 Å². The minimum atomic E-state index is -3.70. The average molecular weight is 429 g/mol. The molecule has 6 heteroatoms. The van der Waals surface area contributed by atoms with Crippen molar-refractivity contribution in [3.63, 3.8) is 0 Å². The van der Waals surface area contributed by atoms with Gasteiger partial charge in [0.05, 0.1) is 10.6 Å². The monoisotopic (exact) mass is 428 g/mol. The van der Waals surface area contributed by atoms with Gasteiger partial charge in [-0.15, -0.1) is 0 Å². The van der Waals surface area contributed by atoms with Crippen molar-refractivity contribution in [2.24, 2.45) is 0 Å². The van der Waals surface area contributed by atoms with Crippen molar-refractivity contribution in [1.82, 2.24) is 0 Å². The van der Waals surface area contributed by atoms with Crippen molar-refractivity contribution in [2.75, 3.05) is 10.0 Å². The summed E-state index contributed by atoms with van der Waals surface area (Å²) in [6.07, 6.45) is 0. The second-order valence-corrected chi connectivity index (χ2v) is 8.58. The third-order valence-corrected chi connectivity index (χ3v) is 6.08. The number of sulfonamides is 1. The second kappa shape index (κ2) is 8.85. The number of carbonyl (C=O) groups excluding carboxylic acids is 1. The summed E-state index contributed by atoms with van der Waals surface area (Å²) in [6.45, 7) is 0. The average Bonchev–Trinajstić information content (AvgIpc) is 2.80. The van der Waals surface area contributed by atoms with Gasteiger partial charge in [0.2, 0.25) is 0 Å². The van der Waals surface area contributed by atoms with Gasteiger partial charge in [-0.2, -0.15) is 0 Å². The topological polar surface area (TPSA) is 75.3 Å². The first-order valence-corrected chi connectivity index (χ1v) is 11.1. The highest BCUT2D eigenvalue weighted by atomic mass is 32.2. The molecule has 2 N–H and O–H groups in total. The van der Waals surface area contributed by atoms with Crippen molar-refractivity contribution in [1.29, 1.82) is 0 Å². The number of rotatable bonds is 6. The molecule has 0 fully saturated rings.